The number of nitrogens with zero attached hydrogens (tertiary/aromatic N) is 3. The number of aromatic nitrogens is 3. The van der Waals surface area contributed by atoms with Crippen LogP contribution in [0.2, 0.25) is 0 Å². The van der Waals surface area contributed by atoms with E-state index in [4.69, 9.17) is 5.11 Å². The van der Waals surface area contributed by atoms with Gasteiger partial charge in [0, 0.05) is 26.3 Å². The number of pyridine rings is 1. The maximum absolute atomic E-state index is 12.5. The van der Waals surface area contributed by atoms with Crippen molar-refractivity contribution in [3.05, 3.63) is 38.7 Å². The third-order valence-electron chi connectivity index (χ3n) is 4.97. The van der Waals surface area contributed by atoms with Gasteiger partial charge < -0.3 is 10.4 Å². The molecule has 1 amide bonds. The fraction of sp³-hybridized carbons (Fsp3) is 0.471. The Kier molecular flexibility index (Phi) is 4.62. The van der Waals surface area contributed by atoms with Gasteiger partial charge in [0.2, 0.25) is 0 Å². The summed E-state index contributed by atoms with van der Waals surface area (Å²) in [5, 5.41) is 12.1. The van der Waals surface area contributed by atoms with Crippen LogP contribution in [0.4, 0.5) is 0 Å². The Labute approximate surface area is 148 Å². The normalized spacial score (nSPS) is 20.1. The summed E-state index contributed by atoms with van der Waals surface area (Å²) in [5.41, 5.74) is -0.542. The molecule has 138 valence electrons. The number of carbonyl (C=O) groups excluding carboxylic acids is 1. The molecular formula is C17H20N4O5. The van der Waals surface area contributed by atoms with Gasteiger partial charge in [-0.3, -0.25) is 23.5 Å². The molecule has 9 nitrogen and oxygen atoms in total. The third kappa shape index (κ3) is 3.12. The van der Waals surface area contributed by atoms with Crippen LogP contribution in [0.25, 0.3) is 11.0 Å². The molecule has 0 atom stereocenters. The molecule has 1 saturated carbocycles. The van der Waals surface area contributed by atoms with Crippen molar-refractivity contribution in [2.75, 3.05) is 0 Å². The highest BCUT2D eigenvalue weighted by Crippen LogP contribution is 2.24. The second kappa shape index (κ2) is 6.74. The van der Waals surface area contributed by atoms with E-state index in [0.29, 0.717) is 25.7 Å². The topological polar surface area (TPSA) is 123 Å². The first-order valence-electron chi connectivity index (χ1n) is 8.39. The van der Waals surface area contributed by atoms with Gasteiger partial charge in [-0.25, -0.2) is 9.78 Å². The molecule has 2 aromatic rings. The molecule has 3 rings (SSSR count). The van der Waals surface area contributed by atoms with E-state index < -0.39 is 17.2 Å². The van der Waals surface area contributed by atoms with Gasteiger partial charge in [-0.15, -0.1) is 0 Å². The van der Waals surface area contributed by atoms with Crippen LogP contribution < -0.4 is 16.6 Å². The van der Waals surface area contributed by atoms with E-state index in [-0.39, 0.29) is 34.5 Å². The van der Waals surface area contributed by atoms with E-state index in [1.165, 1.54) is 30.9 Å². The Morgan fingerprint density at radius 1 is 1.15 bits per heavy atom. The van der Waals surface area contributed by atoms with Gasteiger partial charge in [0.05, 0.1) is 16.9 Å². The zero-order chi connectivity index (χ0) is 19.0. The van der Waals surface area contributed by atoms with Gasteiger partial charge in [0.15, 0.2) is 0 Å². The van der Waals surface area contributed by atoms with Crippen LogP contribution in [0.3, 0.4) is 0 Å². The molecule has 0 aliphatic heterocycles. The SMILES string of the molecule is Cn1c(=O)c2cc(C(=O)NC3CCC(C(=O)O)CC3)cnc2n(C)c1=O. The molecule has 26 heavy (non-hydrogen) atoms. The van der Waals surface area contributed by atoms with Crippen LogP contribution in [0, 0.1) is 5.92 Å². The minimum atomic E-state index is -0.796. The van der Waals surface area contributed by atoms with Gasteiger partial charge >= 0.3 is 11.7 Å². The van der Waals surface area contributed by atoms with Gasteiger partial charge in [-0.1, -0.05) is 0 Å². The number of hydrogen-bond acceptors (Lipinski definition) is 5. The van der Waals surface area contributed by atoms with Crippen molar-refractivity contribution in [3.8, 4) is 0 Å². The van der Waals surface area contributed by atoms with Crippen LogP contribution in [0.5, 0.6) is 0 Å². The fourth-order valence-electron chi connectivity index (χ4n) is 3.34. The largest absolute Gasteiger partial charge is 0.481 e. The van der Waals surface area contributed by atoms with Crippen molar-refractivity contribution in [2.45, 2.75) is 31.7 Å². The number of carboxylic acid groups (broad SMARTS) is 1. The molecule has 0 radical (unpaired) electrons. The van der Waals surface area contributed by atoms with Crippen molar-refractivity contribution >= 4 is 22.9 Å². The van der Waals surface area contributed by atoms with E-state index in [1.807, 2.05) is 0 Å². The molecule has 2 aromatic heterocycles. The number of rotatable bonds is 3. The average Bonchev–Trinajstić information content (AvgIpc) is 2.64. The highest BCUT2D eigenvalue weighted by molar-refractivity contribution is 5.96. The molecule has 9 heteroatoms. The second-order valence-corrected chi connectivity index (χ2v) is 6.66. The number of amides is 1. The van der Waals surface area contributed by atoms with Crippen molar-refractivity contribution in [2.24, 2.45) is 20.0 Å². The first kappa shape index (κ1) is 17.8. The number of nitrogens with one attached hydrogen (secondary N) is 1. The maximum Gasteiger partial charge on any atom is 0.332 e. The molecule has 2 N–H and O–H groups in total. The molecule has 0 unspecified atom stereocenters. The molecule has 1 fully saturated rings. The number of carbonyl (C=O) groups is 2. The van der Waals surface area contributed by atoms with Gasteiger partial charge in [-0.2, -0.15) is 0 Å². The van der Waals surface area contributed by atoms with Gasteiger partial charge in [-0.05, 0) is 31.7 Å². The number of fused-ring (bicyclic) bond motifs is 1. The lowest BCUT2D eigenvalue weighted by Gasteiger charge is -2.26. The van der Waals surface area contributed by atoms with Crippen molar-refractivity contribution in [1.82, 2.24) is 19.4 Å². The minimum Gasteiger partial charge on any atom is -0.481 e. The van der Waals surface area contributed by atoms with Crippen molar-refractivity contribution in [3.63, 3.8) is 0 Å². The second-order valence-electron chi connectivity index (χ2n) is 6.66. The minimum absolute atomic E-state index is 0.100. The highest BCUT2D eigenvalue weighted by atomic mass is 16.4. The van der Waals surface area contributed by atoms with Crippen LogP contribution in [0.1, 0.15) is 36.0 Å². The van der Waals surface area contributed by atoms with Crippen LogP contribution in [-0.4, -0.2) is 37.1 Å². The van der Waals surface area contributed by atoms with Gasteiger partial charge in [0.25, 0.3) is 11.5 Å². The summed E-state index contributed by atoms with van der Waals surface area (Å²) in [6.45, 7) is 0. The zero-order valence-corrected chi connectivity index (χ0v) is 14.6. The Balaban J connectivity index is 1.83. The fourth-order valence-corrected chi connectivity index (χ4v) is 3.34. The van der Waals surface area contributed by atoms with Crippen LogP contribution in [-0.2, 0) is 18.9 Å². The summed E-state index contributed by atoms with van der Waals surface area (Å²) in [4.78, 5) is 51.8. The predicted molar refractivity (Wildman–Crippen MR) is 93.1 cm³/mol. The standard InChI is InChI=1S/C17H20N4O5/c1-20-13-12(15(23)21(2)17(20)26)7-10(8-18-13)14(22)19-11-5-3-9(4-6-11)16(24)25/h7-9,11H,3-6H2,1-2H3,(H,19,22)(H,24,25). The molecule has 2 heterocycles. The smallest absolute Gasteiger partial charge is 0.332 e. The summed E-state index contributed by atoms with van der Waals surface area (Å²) in [7, 11) is 2.88. The Morgan fingerprint density at radius 3 is 2.42 bits per heavy atom. The quantitative estimate of drug-likeness (QED) is 0.794. The molecule has 1 aliphatic carbocycles. The number of aryl methyl sites for hydroxylation is 1. The van der Waals surface area contributed by atoms with E-state index in [2.05, 4.69) is 10.3 Å². The number of carboxylic acids is 1. The predicted octanol–water partition coefficient (Wildman–Crippen LogP) is 0.00540. The van der Waals surface area contributed by atoms with E-state index in [9.17, 15) is 19.2 Å². The zero-order valence-electron chi connectivity index (χ0n) is 14.6. The molecule has 1 aliphatic rings. The summed E-state index contributed by atoms with van der Waals surface area (Å²) in [6.07, 6.45) is 3.58. The van der Waals surface area contributed by atoms with Crippen LogP contribution in [0.15, 0.2) is 21.9 Å². The van der Waals surface area contributed by atoms with Crippen LogP contribution >= 0.6 is 0 Å². The lowest BCUT2D eigenvalue weighted by Crippen LogP contribution is -2.39. The molecule has 0 aromatic carbocycles. The Morgan fingerprint density at radius 2 is 1.81 bits per heavy atom. The first-order valence-corrected chi connectivity index (χ1v) is 8.39. The summed E-state index contributed by atoms with van der Waals surface area (Å²) < 4.78 is 2.23. The van der Waals surface area contributed by atoms with Crippen molar-refractivity contribution < 1.29 is 14.7 Å². The number of hydrogen-bond donors (Lipinski definition) is 2. The summed E-state index contributed by atoms with van der Waals surface area (Å²) in [6, 6.07) is 1.33. The van der Waals surface area contributed by atoms with E-state index in [1.54, 1.807) is 0 Å². The van der Waals surface area contributed by atoms with E-state index in [0.717, 1.165) is 4.57 Å². The molecule has 0 spiro atoms. The lowest BCUT2D eigenvalue weighted by atomic mass is 9.86. The maximum atomic E-state index is 12.5. The van der Waals surface area contributed by atoms with E-state index >= 15 is 0 Å². The lowest BCUT2D eigenvalue weighted by molar-refractivity contribution is -0.142. The highest BCUT2D eigenvalue weighted by Gasteiger charge is 2.27. The molecule has 0 saturated heterocycles. The first-order chi connectivity index (χ1) is 12.3. The summed E-state index contributed by atoms with van der Waals surface area (Å²) >= 11 is 0. The average molecular weight is 360 g/mol. The Hall–Kier alpha value is -2.97. The third-order valence-corrected chi connectivity index (χ3v) is 4.97. The Bertz CT molecular complexity index is 999. The molecular weight excluding hydrogens is 340 g/mol. The number of aliphatic carboxylic acids is 1. The summed E-state index contributed by atoms with van der Waals surface area (Å²) in [5.74, 6) is -1.51. The monoisotopic (exact) mass is 360 g/mol. The van der Waals surface area contributed by atoms with Gasteiger partial charge in [0.1, 0.15) is 5.65 Å². The molecule has 0 bridgehead atoms. The van der Waals surface area contributed by atoms with Crippen molar-refractivity contribution in [1.29, 1.82) is 0 Å².